The molecule has 0 aliphatic rings. The van der Waals surface area contributed by atoms with Crippen molar-refractivity contribution in [2.24, 2.45) is 5.73 Å². The lowest BCUT2D eigenvalue weighted by molar-refractivity contribution is 0.0645. The fourth-order valence-electron chi connectivity index (χ4n) is 2.53. The van der Waals surface area contributed by atoms with Crippen molar-refractivity contribution < 1.29 is 34.5 Å². The topological polar surface area (TPSA) is 155 Å². The number of allylic oxidation sites excluding steroid dienone is 2. The molecule has 0 aliphatic carbocycles. The molecule has 1 amide bonds. The zero-order valence-corrected chi connectivity index (χ0v) is 12.5. The van der Waals surface area contributed by atoms with E-state index in [0.717, 1.165) is 0 Å². The molecule has 8 nitrogen and oxygen atoms in total. The van der Waals surface area contributed by atoms with Gasteiger partial charge in [-0.15, -0.1) is 13.2 Å². The summed E-state index contributed by atoms with van der Waals surface area (Å²) >= 11 is 0. The Morgan fingerprint density at radius 3 is 1.29 bits per heavy atom. The van der Waals surface area contributed by atoms with Crippen molar-refractivity contribution in [3.8, 4) is 0 Å². The molecule has 0 saturated carbocycles. The van der Waals surface area contributed by atoms with Crippen LogP contribution in [0.4, 0.5) is 0 Å². The van der Waals surface area contributed by atoms with Gasteiger partial charge in [-0.1, -0.05) is 12.2 Å². The number of amides is 1. The quantitative estimate of drug-likeness (QED) is 0.523. The Hall–Kier alpha value is -3.42. The van der Waals surface area contributed by atoms with Crippen LogP contribution in [0.15, 0.2) is 25.3 Å². The second-order valence-electron chi connectivity index (χ2n) is 4.72. The number of carbonyl (C=O) groups excluding carboxylic acids is 1. The van der Waals surface area contributed by atoms with Crippen molar-refractivity contribution in [1.29, 1.82) is 0 Å². The normalized spacial score (nSPS) is 10.0. The van der Waals surface area contributed by atoms with E-state index in [-0.39, 0.29) is 24.0 Å². The molecular weight excluding hydrogens is 318 g/mol. The first-order valence-electron chi connectivity index (χ1n) is 6.62. The Labute approximate surface area is 136 Å². The van der Waals surface area contributed by atoms with Crippen LogP contribution in [-0.2, 0) is 12.8 Å². The highest BCUT2D eigenvalue weighted by Crippen LogP contribution is 2.30. The molecule has 1 aromatic rings. The van der Waals surface area contributed by atoms with Crippen LogP contribution in [0.2, 0.25) is 0 Å². The van der Waals surface area contributed by atoms with E-state index in [0.29, 0.717) is 0 Å². The number of rotatable bonds is 8. The van der Waals surface area contributed by atoms with E-state index < -0.39 is 46.1 Å². The monoisotopic (exact) mass is 333 g/mol. The number of carboxylic acid groups (broad SMARTS) is 3. The van der Waals surface area contributed by atoms with E-state index in [1.165, 1.54) is 12.2 Å². The van der Waals surface area contributed by atoms with Gasteiger partial charge < -0.3 is 21.1 Å². The van der Waals surface area contributed by atoms with Gasteiger partial charge in [0.05, 0.1) is 22.3 Å². The predicted octanol–water partition coefficient (Wildman–Crippen LogP) is 1.34. The Morgan fingerprint density at radius 1 is 0.750 bits per heavy atom. The lowest BCUT2D eigenvalue weighted by atomic mass is 9.83. The Kier molecular flexibility index (Phi) is 5.61. The van der Waals surface area contributed by atoms with E-state index in [1.807, 2.05) is 0 Å². The van der Waals surface area contributed by atoms with Gasteiger partial charge in [0.2, 0.25) is 5.91 Å². The summed E-state index contributed by atoms with van der Waals surface area (Å²) in [6, 6.07) is 0. The number of carbonyl (C=O) groups is 4. The first kappa shape index (κ1) is 18.6. The fraction of sp³-hybridized carbons (Fsp3) is 0.125. The minimum Gasteiger partial charge on any atom is -0.478 e. The maximum atomic E-state index is 11.8. The molecule has 0 spiro atoms. The molecule has 0 unspecified atom stereocenters. The molecular formula is C16H15NO7. The number of primary amides is 1. The molecule has 8 heteroatoms. The standard InChI is InChI=1S/C16H15NO7/c1-3-5-7-9(13(17)18)10(14(19)20)8(6-4-2)12(16(23)24)11(7)15(21)22/h3-4H,1-2,5-6H2,(H2,17,18)(H,19,20)(H,21,22)(H,23,24). The predicted molar refractivity (Wildman–Crippen MR) is 83.6 cm³/mol. The number of aromatic carboxylic acids is 3. The van der Waals surface area contributed by atoms with Crippen molar-refractivity contribution in [1.82, 2.24) is 0 Å². The van der Waals surface area contributed by atoms with Gasteiger partial charge >= 0.3 is 17.9 Å². The number of benzene rings is 1. The fourth-order valence-corrected chi connectivity index (χ4v) is 2.53. The second kappa shape index (κ2) is 7.23. The summed E-state index contributed by atoms with van der Waals surface area (Å²) in [6.07, 6.45) is 1.92. The van der Waals surface area contributed by atoms with Crippen LogP contribution < -0.4 is 5.73 Å². The Bertz CT molecular complexity index is 659. The molecule has 1 aromatic carbocycles. The van der Waals surface area contributed by atoms with Crippen LogP contribution in [0.1, 0.15) is 52.6 Å². The molecule has 0 aliphatic heterocycles. The van der Waals surface area contributed by atoms with Crippen molar-refractivity contribution >= 4 is 23.8 Å². The van der Waals surface area contributed by atoms with Crippen LogP contribution in [-0.4, -0.2) is 39.1 Å². The molecule has 24 heavy (non-hydrogen) atoms. The van der Waals surface area contributed by atoms with Crippen LogP contribution in [0.5, 0.6) is 0 Å². The average Bonchev–Trinajstić information content (AvgIpc) is 2.46. The van der Waals surface area contributed by atoms with Gasteiger partial charge in [0, 0.05) is 0 Å². The van der Waals surface area contributed by atoms with Crippen LogP contribution in [0.3, 0.4) is 0 Å². The third-order valence-corrected chi connectivity index (χ3v) is 3.29. The number of nitrogens with two attached hydrogens (primary N) is 1. The summed E-state index contributed by atoms with van der Waals surface area (Å²) in [4.78, 5) is 46.6. The molecule has 1 rings (SSSR count). The zero-order valence-electron chi connectivity index (χ0n) is 12.5. The lowest BCUT2D eigenvalue weighted by Gasteiger charge is -2.19. The van der Waals surface area contributed by atoms with Crippen molar-refractivity contribution in [3.05, 3.63) is 58.7 Å². The lowest BCUT2D eigenvalue weighted by Crippen LogP contribution is -2.26. The molecule has 0 heterocycles. The van der Waals surface area contributed by atoms with Crippen LogP contribution in [0, 0.1) is 0 Å². The molecule has 0 bridgehead atoms. The van der Waals surface area contributed by atoms with Gasteiger partial charge in [-0.3, -0.25) is 4.79 Å². The third kappa shape index (κ3) is 3.17. The average molecular weight is 333 g/mol. The summed E-state index contributed by atoms with van der Waals surface area (Å²) in [5, 5.41) is 28.3. The van der Waals surface area contributed by atoms with Crippen LogP contribution >= 0.6 is 0 Å². The highest BCUT2D eigenvalue weighted by Gasteiger charge is 2.33. The van der Waals surface area contributed by atoms with E-state index in [9.17, 15) is 34.5 Å². The molecule has 5 N–H and O–H groups in total. The molecule has 0 saturated heterocycles. The maximum absolute atomic E-state index is 11.8. The molecule has 126 valence electrons. The summed E-state index contributed by atoms with van der Waals surface area (Å²) in [6.45, 7) is 6.81. The number of hydrogen-bond donors (Lipinski definition) is 4. The van der Waals surface area contributed by atoms with E-state index >= 15 is 0 Å². The Balaban J connectivity index is 4.30. The third-order valence-electron chi connectivity index (χ3n) is 3.29. The van der Waals surface area contributed by atoms with Crippen molar-refractivity contribution in [2.75, 3.05) is 0 Å². The first-order valence-corrected chi connectivity index (χ1v) is 6.62. The molecule has 0 atom stereocenters. The second-order valence-corrected chi connectivity index (χ2v) is 4.72. The maximum Gasteiger partial charge on any atom is 0.336 e. The summed E-state index contributed by atoms with van der Waals surface area (Å²) in [7, 11) is 0. The highest BCUT2D eigenvalue weighted by atomic mass is 16.4. The van der Waals surface area contributed by atoms with E-state index in [2.05, 4.69) is 13.2 Å². The smallest absolute Gasteiger partial charge is 0.336 e. The van der Waals surface area contributed by atoms with Gasteiger partial charge in [0.15, 0.2) is 0 Å². The minimum atomic E-state index is -1.63. The molecule has 0 radical (unpaired) electrons. The summed E-state index contributed by atoms with van der Waals surface area (Å²) < 4.78 is 0. The highest BCUT2D eigenvalue weighted by molar-refractivity contribution is 6.13. The van der Waals surface area contributed by atoms with Gasteiger partial charge in [0.1, 0.15) is 0 Å². The van der Waals surface area contributed by atoms with Gasteiger partial charge in [-0.25, -0.2) is 14.4 Å². The summed E-state index contributed by atoms with van der Waals surface area (Å²) in [5.74, 6) is -6.01. The Morgan fingerprint density at radius 2 is 1.04 bits per heavy atom. The van der Waals surface area contributed by atoms with Crippen LogP contribution in [0.25, 0.3) is 0 Å². The van der Waals surface area contributed by atoms with Gasteiger partial charge in [-0.2, -0.15) is 0 Å². The summed E-state index contributed by atoms with van der Waals surface area (Å²) in [5.41, 5.74) is 2.03. The van der Waals surface area contributed by atoms with E-state index in [1.54, 1.807) is 0 Å². The van der Waals surface area contributed by atoms with Gasteiger partial charge in [0.25, 0.3) is 0 Å². The van der Waals surface area contributed by atoms with Gasteiger partial charge in [-0.05, 0) is 24.0 Å². The first-order chi connectivity index (χ1) is 11.2. The van der Waals surface area contributed by atoms with Crippen molar-refractivity contribution in [2.45, 2.75) is 12.8 Å². The van der Waals surface area contributed by atoms with E-state index in [4.69, 9.17) is 5.73 Å². The SMILES string of the molecule is C=CCc1c(C(N)=O)c(C(=O)O)c(CC=C)c(C(=O)O)c1C(=O)O. The van der Waals surface area contributed by atoms with Crippen molar-refractivity contribution in [3.63, 3.8) is 0 Å². The molecule has 0 fully saturated rings. The molecule has 0 aromatic heterocycles. The minimum absolute atomic E-state index is 0.241. The number of hydrogen-bond acceptors (Lipinski definition) is 4. The largest absolute Gasteiger partial charge is 0.478 e. The zero-order chi connectivity index (χ0) is 18.6. The number of carboxylic acids is 3.